The van der Waals surface area contributed by atoms with Gasteiger partial charge in [0.1, 0.15) is 31.0 Å². The van der Waals surface area contributed by atoms with Crippen molar-refractivity contribution in [2.24, 2.45) is 0 Å². The molecule has 1 heterocycles. The number of esters is 2. The summed E-state index contributed by atoms with van der Waals surface area (Å²) in [5.74, 6) is -0.873. The zero-order valence-corrected chi connectivity index (χ0v) is 37.0. The van der Waals surface area contributed by atoms with Crippen LogP contribution in [0.5, 0.6) is 0 Å². The molecule has 0 aromatic heterocycles. The highest BCUT2D eigenvalue weighted by molar-refractivity contribution is 5.70. The maximum atomic E-state index is 12.8. The second-order valence-electron chi connectivity index (χ2n) is 15.8. The number of hydrogen-bond acceptors (Lipinski definition) is 10. The van der Waals surface area contributed by atoms with Crippen LogP contribution < -0.4 is 0 Å². The first-order chi connectivity index (χ1) is 28.8. The minimum Gasteiger partial charge on any atom is -0.462 e. The summed E-state index contributed by atoms with van der Waals surface area (Å²) in [4.78, 5) is 25.3. The molecule has 59 heavy (non-hydrogen) atoms. The Morgan fingerprint density at radius 2 is 1.00 bits per heavy atom. The second kappa shape index (κ2) is 39.5. The molecular formula is C49H84O10. The Morgan fingerprint density at radius 3 is 1.49 bits per heavy atom. The highest BCUT2D eigenvalue weighted by Gasteiger charge is 2.44. The molecule has 0 aliphatic carbocycles. The molecule has 340 valence electrons. The zero-order valence-electron chi connectivity index (χ0n) is 37.0. The lowest BCUT2D eigenvalue weighted by molar-refractivity contribution is -0.305. The number of rotatable bonds is 38. The third kappa shape index (κ3) is 31.0. The Hall–Kier alpha value is -2.60. The standard InChI is InChI=1S/C49H84O10/c1-3-5-7-9-11-13-15-17-19-21-23-25-27-29-31-33-35-37-44(51)56-40-42(41-57-49-48(55)47(54)46(53)43(39-50)59-49)58-45(52)38-36-34-32-30-28-26-24-22-20-18-16-14-12-10-8-6-4-2/h6,8,12,14,18,20,24,26,30,32,42-43,46-50,53-55H,3-5,7,9-11,13,15-17,19,21-23,25,27-29,31,33-41H2,1-2H3/b8-6-,14-12-,20-18-,26-24-,32-30-. The van der Waals surface area contributed by atoms with Crippen LogP contribution in [0.4, 0.5) is 0 Å². The van der Waals surface area contributed by atoms with Crippen molar-refractivity contribution in [3.8, 4) is 0 Å². The molecule has 0 radical (unpaired) electrons. The van der Waals surface area contributed by atoms with Crippen molar-refractivity contribution in [1.82, 2.24) is 0 Å². The summed E-state index contributed by atoms with van der Waals surface area (Å²) in [5.41, 5.74) is 0. The third-order valence-corrected chi connectivity index (χ3v) is 10.4. The first-order valence-corrected chi connectivity index (χ1v) is 23.4. The number of carbonyl (C=O) groups excluding carboxylic acids is 2. The summed E-state index contributed by atoms with van der Waals surface area (Å²) in [6.45, 7) is 3.26. The van der Waals surface area contributed by atoms with E-state index in [9.17, 15) is 30.0 Å². The molecule has 1 fully saturated rings. The fraction of sp³-hybridized carbons (Fsp3) is 0.755. The number of carbonyl (C=O) groups is 2. The van der Waals surface area contributed by atoms with Gasteiger partial charge in [-0.15, -0.1) is 0 Å². The van der Waals surface area contributed by atoms with Crippen LogP contribution in [0.1, 0.15) is 181 Å². The van der Waals surface area contributed by atoms with Crippen molar-refractivity contribution in [3.05, 3.63) is 60.8 Å². The Kier molecular flexibility index (Phi) is 36.5. The molecule has 4 N–H and O–H groups in total. The predicted octanol–water partition coefficient (Wildman–Crippen LogP) is 10.2. The van der Waals surface area contributed by atoms with Crippen molar-refractivity contribution in [1.29, 1.82) is 0 Å². The normalized spacial score (nSPS) is 20.5. The van der Waals surface area contributed by atoms with E-state index in [0.29, 0.717) is 12.8 Å². The van der Waals surface area contributed by atoms with Gasteiger partial charge in [-0.05, 0) is 51.4 Å². The van der Waals surface area contributed by atoms with Crippen LogP contribution in [0, 0.1) is 0 Å². The smallest absolute Gasteiger partial charge is 0.306 e. The summed E-state index contributed by atoms with van der Waals surface area (Å²) in [7, 11) is 0. The largest absolute Gasteiger partial charge is 0.462 e. The van der Waals surface area contributed by atoms with Gasteiger partial charge >= 0.3 is 11.9 Å². The quantitative estimate of drug-likeness (QED) is 0.0269. The Labute approximate surface area is 358 Å². The molecule has 0 spiro atoms. The number of ether oxygens (including phenoxy) is 4. The monoisotopic (exact) mass is 833 g/mol. The fourth-order valence-corrected chi connectivity index (χ4v) is 6.75. The summed E-state index contributed by atoms with van der Waals surface area (Å²) in [6, 6.07) is 0. The molecule has 1 rings (SSSR count). The number of allylic oxidation sites excluding steroid dienone is 10. The summed E-state index contributed by atoms with van der Waals surface area (Å²) in [6.07, 6.45) is 40.9. The summed E-state index contributed by atoms with van der Waals surface area (Å²) < 4.78 is 22.1. The molecular weight excluding hydrogens is 749 g/mol. The van der Waals surface area contributed by atoms with Crippen LogP contribution in [0.15, 0.2) is 60.8 Å². The molecule has 10 heteroatoms. The zero-order chi connectivity index (χ0) is 43.0. The molecule has 0 aromatic rings. The van der Waals surface area contributed by atoms with Gasteiger partial charge in [0.15, 0.2) is 12.4 Å². The highest BCUT2D eigenvalue weighted by atomic mass is 16.7. The summed E-state index contributed by atoms with van der Waals surface area (Å²) >= 11 is 0. The Balaban J connectivity index is 2.35. The first kappa shape index (κ1) is 54.4. The molecule has 6 unspecified atom stereocenters. The van der Waals surface area contributed by atoms with Crippen LogP contribution in [0.25, 0.3) is 0 Å². The molecule has 1 aliphatic heterocycles. The number of aliphatic hydroxyl groups excluding tert-OH is 4. The van der Waals surface area contributed by atoms with Gasteiger partial charge in [-0.1, -0.05) is 177 Å². The van der Waals surface area contributed by atoms with E-state index >= 15 is 0 Å². The van der Waals surface area contributed by atoms with E-state index in [1.807, 2.05) is 6.08 Å². The molecule has 0 bridgehead atoms. The lowest BCUT2D eigenvalue weighted by Crippen LogP contribution is -2.59. The van der Waals surface area contributed by atoms with Gasteiger partial charge in [0, 0.05) is 12.8 Å². The van der Waals surface area contributed by atoms with Gasteiger partial charge in [-0.25, -0.2) is 0 Å². The first-order valence-electron chi connectivity index (χ1n) is 23.4. The van der Waals surface area contributed by atoms with Crippen LogP contribution in [-0.4, -0.2) is 89.0 Å². The maximum Gasteiger partial charge on any atom is 0.306 e. The predicted molar refractivity (Wildman–Crippen MR) is 238 cm³/mol. The fourth-order valence-electron chi connectivity index (χ4n) is 6.75. The average Bonchev–Trinajstić information content (AvgIpc) is 3.23. The lowest BCUT2D eigenvalue weighted by Gasteiger charge is -2.39. The van der Waals surface area contributed by atoms with Crippen molar-refractivity contribution in [2.75, 3.05) is 19.8 Å². The van der Waals surface area contributed by atoms with Gasteiger partial charge < -0.3 is 39.4 Å². The van der Waals surface area contributed by atoms with Gasteiger partial charge in [-0.2, -0.15) is 0 Å². The summed E-state index contributed by atoms with van der Waals surface area (Å²) in [5, 5.41) is 40.1. The lowest BCUT2D eigenvalue weighted by atomic mass is 9.99. The number of hydrogen-bond donors (Lipinski definition) is 4. The van der Waals surface area contributed by atoms with Crippen molar-refractivity contribution < 1.29 is 49.0 Å². The Morgan fingerprint density at radius 1 is 0.542 bits per heavy atom. The topological polar surface area (TPSA) is 152 Å². The molecule has 0 saturated carbocycles. The van der Waals surface area contributed by atoms with Crippen LogP contribution in [-0.2, 0) is 28.5 Å². The van der Waals surface area contributed by atoms with Crippen LogP contribution in [0.3, 0.4) is 0 Å². The van der Waals surface area contributed by atoms with E-state index in [2.05, 4.69) is 68.5 Å². The van der Waals surface area contributed by atoms with E-state index in [1.54, 1.807) is 0 Å². The number of unbranched alkanes of at least 4 members (excludes halogenated alkanes) is 17. The Bertz CT molecular complexity index is 1150. The molecule has 0 aromatic carbocycles. The highest BCUT2D eigenvalue weighted by Crippen LogP contribution is 2.22. The minimum atomic E-state index is -1.61. The van der Waals surface area contributed by atoms with Gasteiger partial charge in [0.25, 0.3) is 0 Å². The van der Waals surface area contributed by atoms with E-state index in [4.69, 9.17) is 18.9 Å². The van der Waals surface area contributed by atoms with Crippen molar-refractivity contribution in [3.63, 3.8) is 0 Å². The van der Waals surface area contributed by atoms with Crippen LogP contribution >= 0.6 is 0 Å². The molecule has 6 atom stereocenters. The molecule has 1 saturated heterocycles. The van der Waals surface area contributed by atoms with Crippen LogP contribution in [0.2, 0.25) is 0 Å². The second-order valence-corrected chi connectivity index (χ2v) is 15.8. The molecule has 10 nitrogen and oxygen atoms in total. The van der Waals surface area contributed by atoms with E-state index in [0.717, 1.165) is 51.4 Å². The van der Waals surface area contributed by atoms with E-state index in [1.165, 1.54) is 89.9 Å². The minimum absolute atomic E-state index is 0.151. The van der Waals surface area contributed by atoms with Gasteiger partial charge in [0.05, 0.1) is 13.2 Å². The number of aliphatic hydroxyl groups is 4. The van der Waals surface area contributed by atoms with Gasteiger partial charge in [0.2, 0.25) is 0 Å². The molecule has 0 amide bonds. The van der Waals surface area contributed by atoms with E-state index in [-0.39, 0.29) is 26.1 Å². The van der Waals surface area contributed by atoms with Crippen molar-refractivity contribution in [2.45, 2.75) is 218 Å². The molecule has 1 aliphatic rings. The third-order valence-electron chi connectivity index (χ3n) is 10.4. The van der Waals surface area contributed by atoms with Gasteiger partial charge in [-0.3, -0.25) is 9.59 Å². The average molecular weight is 833 g/mol. The van der Waals surface area contributed by atoms with E-state index < -0.39 is 55.4 Å². The SMILES string of the molecule is CC/C=C\C/C=C\C/C=C\C/C=C\C/C=C\CCCC(=O)OC(COC(=O)CCCCCCCCCCCCCCCCCCC)COC1OC(CO)C(O)C(O)C1O. The maximum absolute atomic E-state index is 12.8. The van der Waals surface area contributed by atoms with Crippen molar-refractivity contribution >= 4 is 11.9 Å².